The molecule has 0 fully saturated rings. The summed E-state index contributed by atoms with van der Waals surface area (Å²) in [6, 6.07) is 14.9. The van der Waals surface area contributed by atoms with Crippen molar-refractivity contribution >= 4 is 17.0 Å². The van der Waals surface area contributed by atoms with E-state index in [1.165, 1.54) is 12.1 Å². The normalized spacial score (nSPS) is 12.1. The van der Waals surface area contributed by atoms with Gasteiger partial charge in [0.1, 0.15) is 0 Å². The number of rotatable bonds is 4. The summed E-state index contributed by atoms with van der Waals surface area (Å²) in [6.07, 6.45) is -3.82. The molecule has 5 heteroatoms. The molecule has 0 unspecified atom stereocenters. The van der Waals surface area contributed by atoms with Crippen LogP contribution in [0.15, 0.2) is 60.8 Å². The number of alkyl halides is 3. The van der Waals surface area contributed by atoms with Gasteiger partial charge in [0.2, 0.25) is 0 Å². The van der Waals surface area contributed by atoms with Crippen molar-refractivity contribution < 1.29 is 18.0 Å². The molecule has 22 heavy (non-hydrogen) atoms. The second-order valence-corrected chi connectivity index (χ2v) is 4.71. The highest BCUT2D eigenvalue weighted by molar-refractivity contribution is 6.23. The Morgan fingerprint density at radius 3 is 2.18 bits per heavy atom. The van der Waals surface area contributed by atoms with E-state index >= 15 is 0 Å². The highest BCUT2D eigenvalue weighted by Gasteiger charge is 2.41. The SMILES string of the molecule is Cc1ccccc1N/C=C(\C(=O)C(F)(F)F)c1ccccc1. The van der Waals surface area contributed by atoms with Gasteiger partial charge in [-0.3, -0.25) is 4.79 Å². The number of hydrogen-bond donors (Lipinski definition) is 1. The molecule has 0 aliphatic rings. The minimum absolute atomic E-state index is 0.214. The van der Waals surface area contributed by atoms with E-state index < -0.39 is 17.5 Å². The van der Waals surface area contributed by atoms with Crippen LogP contribution in [0.4, 0.5) is 18.9 Å². The summed E-state index contributed by atoms with van der Waals surface area (Å²) in [6.45, 7) is 1.82. The Hall–Kier alpha value is -2.56. The van der Waals surface area contributed by atoms with Crippen LogP contribution in [0.2, 0.25) is 0 Å². The zero-order chi connectivity index (χ0) is 16.2. The van der Waals surface area contributed by atoms with Gasteiger partial charge in [-0.1, -0.05) is 48.5 Å². The Labute approximate surface area is 126 Å². The minimum Gasteiger partial charge on any atom is -0.361 e. The molecule has 2 aromatic carbocycles. The van der Waals surface area contributed by atoms with E-state index in [2.05, 4.69) is 5.32 Å². The van der Waals surface area contributed by atoms with E-state index in [-0.39, 0.29) is 5.56 Å². The number of carbonyl (C=O) groups excluding carboxylic acids is 1. The van der Waals surface area contributed by atoms with Crippen molar-refractivity contribution in [2.45, 2.75) is 13.1 Å². The maximum atomic E-state index is 12.8. The summed E-state index contributed by atoms with van der Waals surface area (Å²) in [4.78, 5) is 11.6. The fourth-order valence-corrected chi connectivity index (χ4v) is 1.94. The molecule has 0 amide bonds. The average molecular weight is 305 g/mol. The number of aryl methyl sites for hydroxylation is 1. The molecule has 1 N–H and O–H groups in total. The fraction of sp³-hybridized carbons (Fsp3) is 0.118. The Kier molecular flexibility index (Phi) is 4.65. The van der Waals surface area contributed by atoms with Crippen LogP contribution >= 0.6 is 0 Å². The zero-order valence-electron chi connectivity index (χ0n) is 11.8. The maximum Gasteiger partial charge on any atom is 0.454 e. The molecule has 2 nitrogen and oxygen atoms in total. The summed E-state index contributed by atoms with van der Waals surface area (Å²) >= 11 is 0. The Morgan fingerprint density at radius 2 is 1.59 bits per heavy atom. The van der Waals surface area contributed by atoms with Gasteiger partial charge in [-0.15, -0.1) is 0 Å². The van der Waals surface area contributed by atoms with Crippen LogP contribution in [-0.2, 0) is 4.79 Å². The number of ketones is 1. The highest BCUT2D eigenvalue weighted by Crippen LogP contribution is 2.27. The first-order chi connectivity index (χ1) is 10.4. The molecule has 0 saturated heterocycles. The van der Waals surface area contributed by atoms with Crippen LogP contribution < -0.4 is 5.32 Å². The van der Waals surface area contributed by atoms with Crippen LogP contribution in [0.25, 0.3) is 5.57 Å². The van der Waals surface area contributed by atoms with Gasteiger partial charge in [0.25, 0.3) is 5.78 Å². The lowest BCUT2D eigenvalue weighted by molar-refractivity contribution is -0.164. The van der Waals surface area contributed by atoms with Crippen LogP contribution in [0.5, 0.6) is 0 Å². The van der Waals surface area contributed by atoms with E-state index in [0.717, 1.165) is 11.8 Å². The van der Waals surface area contributed by atoms with E-state index in [9.17, 15) is 18.0 Å². The van der Waals surface area contributed by atoms with E-state index in [0.29, 0.717) is 5.69 Å². The van der Waals surface area contributed by atoms with Crippen LogP contribution in [0.1, 0.15) is 11.1 Å². The first-order valence-electron chi connectivity index (χ1n) is 6.59. The lowest BCUT2D eigenvalue weighted by atomic mass is 10.0. The standard InChI is InChI=1S/C17H14F3NO/c1-12-7-5-6-10-15(12)21-11-14(16(22)17(18,19)20)13-8-3-2-4-9-13/h2-11,21H,1H3/b14-11-. The third-order valence-corrected chi connectivity index (χ3v) is 3.10. The number of hydrogen-bond acceptors (Lipinski definition) is 2. The number of carbonyl (C=O) groups is 1. The predicted octanol–water partition coefficient (Wildman–Crippen LogP) is 4.58. The van der Waals surface area contributed by atoms with Gasteiger partial charge in [0, 0.05) is 11.9 Å². The van der Waals surface area contributed by atoms with Crippen molar-refractivity contribution in [1.29, 1.82) is 0 Å². The molecule has 0 bridgehead atoms. The Bertz CT molecular complexity index is 691. The lowest BCUT2D eigenvalue weighted by Crippen LogP contribution is -2.24. The number of allylic oxidation sites excluding steroid dienone is 1. The molecule has 0 aliphatic heterocycles. The van der Waals surface area contributed by atoms with Crippen LogP contribution in [0, 0.1) is 6.92 Å². The minimum atomic E-state index is -4.92. The Morgan fingerprint density at radius 1 is 1.00 bits per heavy atom. The van der Waals surface area contributed by atoms with E-state index in [1.54, 1.807) is 30.3 Å². The molecule has 2 aromatic rings. The first kappa shape index (κ1) is 15.8. The van der Waals surface area contributed by atoms with Crippen molar-refractivity contribution in [3.8, 4) is 0 Å². The van der Waals surface area contributed by atoms with Crippen LogP contribution in [-0.4, -0.2) is 12.0 Å². The summed E-state index contributed by atoms with van der Waals surface area (Å²) < 4.78 is 38.3. The van der Waals surface area contributed by atoms with Crippen LogP contribution in [0.3, 0.4) is 0 Å². The topological polar surface area (TPSA) is 29.1 Å². The number of benzene rings is 2. The van der Waals surface area contributed by atoms with Gasteiger partial charge in [-0.05, 0) is 24.1 Å². The highest BCUT2D eigenvalue weighted by atomic mass is 19.4. The van der Waals surface area contributed by atoms with Gasteiger partial charge in [-0.25, -0.2) is 0 Å². The molecule has 2 rings (SSSR count). The number of para-hydroxylation sites is 1. The third-order valence-electron chi connectivity index (χ3n) is 3.10. The van der Waals surface area contributed by atoms with Crippen molar-refractivity contribution in [2.24, 2.45) is 0 Å². The van der Waals surface area contributed by atoms with E-state index in [4.69, 9.17) is 0 Å². The monoisotopic (exact) mass is 305 g/mol. The third kappa shape index (κ3) is 3.75. The van der Waals surface area contributed by atoms with Gasteiger partial charge >= 0.3 is 6.18 Å². The maximum absolute atomic E-state index is 12.8. The summed E-state index contributed by atoms with van der Waals surface area (Å²) in [5, 5.41) is 2.78. The second-order valence-electron chi connectivity index (χ2n) is 4.71. The largest absolute Gasteiger partial charge is 0.454 e. The molecule has 0 radical (unpaired) electrons. The molecular weight excluding hydrogens is 291 g/mol. The lowest BCUT2D eigenvalue weighted by Gasteiger charge is -2.11. The second kappa shape index (κ2) is 6.47. The van der Waals surface area contributed by atoms with Crippen molar-refractivity contribution in [3.63, 3.8) is 0 Å². The molecule has 0 spiro atoms. The van der Waals surface area contributed by atoms with Crippen molar-refractivity contribution in [3.05, 3.63) is 71.9 Å². The summed E-state index contributed by atoms with van der Waals surface area (Å²) in [5.41, 5.74) is 1.30. The molecule has 0 saturated carbocycles. The number of nitrogens with one attached hydrogen (secondary N) is 1. The van der Waals surface area contributed by atoms with Crippen molar-refractivity contribution in [1.82, 2.24) is 0 Å². The molecule has 114 valence electrons. The van der Waals surface area contributed by atoms with Gasteiger partial charge < -0.3 is 5.32 Å². The Balaban J connectivity index is 2.39. The molecular formula is C17H14F3NO. The smallest absolute Gasteiger partial charge is 0.361 e. The number of halogens is 3. The van der Waals surface area contributed by atoms with E-state index in [1.807, 2.05) is 19.1 Å². The molecule has 0 heterocycles. The molecule has 0 aliphatic carbocycles. The number of anilines is 1. The quantitative estimate of drug-likeness (QED) is 0.838. The average Bonchev–Trinajstić information content (AvgIpc) is 2.49. The zero-order valence-corrected chi connectivity index (χ0v) is 11.8. The van der Waals surface area contributed by atoms with Gasteiger partial charge in [0.05, 0.1) is 5.57 Å². The van der Waals surface area contributed by atoms with Gasteiger partial charge in [0.15, 0.2) is 0 Å². The van der Waals surface area contributed by atoms with Gasteiger partial charge in [-0.2, -0.15) is 13.2 Å². The fourth-order valence-electron chi connectivity index (χ4n) is 1.94. The summed E-state index contributed by atoms with van der Waals surface area (Å²) in [5.74, 6) is -1.88. The van der Waals surface area contributed by atoms with Crippen molar-refractivity contribution in [2.75, 3.05) is 5.32 Å². The first-order valence-corrected chi connectivity index (χ1v) is 6.59. The summed E-state index contributed by atoms with van der Waals surface area (Å²) in [7, 11) is 0. The molecule has 0 atom stereocenters. The number of Topliss-reactive ketones (excluding diaryl/α,β-unsaturated/α-hetero) is 1. The predicted molar refractivity (Wildman–Crippen MR) is 80.3 cm³/mol. The molecule has 0 aromatic heterocycles.